The minimum atomic E-state index is -0.697. The molecule has 4 nitrogen and oxygen atoms in total. The van der Waals surface area contributed by atoms with Crippen LogP contribution in [0.25, 0.3) is 28.1 Å². The summed E-state index contributed by atoms with van der Waals surface area (Å²) in [6.45, 7) is 4.15. The molecule has 0 unspecified atom stereocenters. The zero-order chi connectivity index (χ0) is 21.3. The van der Waals surface area contributed by atoms with Crippen molar-refractivity contribution in [2.45, 2.75) is 44.8 Å². The normalized spacial score (nSPS) is 19.6. The molecular formula is C25H24FNO3. The number of aliphatic hydroxyl groups is 1. The summed E-state index contributed by atoms with van der Waals surface area (Å²) in [5, 5.41) is 10.9. The topological polar surface area (TPSA) is 59.4 Å². The number of pyridine rings is 1. The van der Waals surface area contributed by atoms with Crippen molar-refractivity contribution >= 4 is 22.9 Å². The maximum Gasteiger partial charge on any atom is 0.309 e. The van der Waals surface area contributed by atoms with Crippen LogP contribution < -0.4 is 0 Å². The summed E-state index contributed by atoms with van der Waals surface area (Å²) in [7, 11) is 0. The van der Waals surface area contributed by atoms with Gasteiger partial charge in [-0.1, -0.05) is 50.3 Å². The second-order valence-electron chi connectivity index (χ2n) is 7.95. The summed E-state index contributed by atoms with van der Waals surface area (Å²) in [6.07, 6.45) is 2.94. The van der Waals surface area contributed by atoms with Crippen LogP contribution in [0.3, 0.4) is 0 Å². The number of aliphatic hydroxyl groups excluding tert-OH is 1. The fourth-order valence-corrected chi connectivity index (χ4v) is 3.91. The van der Waals surface area contributed by atoms with Crippen LogP contribution in [0.4, 0.5) is 4.39 Å². The smallest absolute Gasteiger partial charge is 0.309 e. The number of para-hydroxylation sites is 1. The number of halogens is 1. The lowest BCUT2D eigenvalue weighted by Crippen LogP contribution is -2.31. The van der Waals surface area contributed by atoms with Crippen LogP contribution in [-0.2, 0) is 9.53 Å². The van der Waals surface area contributed by atoms with E-state index in [2.05, 4.69) is 13.8 Å². The Kier molecular flexibility index (Phi) is 5.64. The quantitative estimate of drug-likeness (QED) is 0.603. The van der Waals surface area contributed by atoms with Gasteiger partial charge in [0.1, 0.15) is 11.9 Å². The van der Waals surface area contributed by atoms with Gasteiger partial charge < -0.3 is 9.84 Å². The van der Waals surface area contributed by atoms with Gasteiger partial charge in [0.15, 0.2) is 0 Å². The average molecular weight is 405 g/mol. The van der Waals surface area contributed by atoms with Gasteiger partial charge in [0.25, 0.3) is 0 Å². The Labute approximate surface area is 175 Å². The lowest BCUT2D eigenvalue weighted by Gasteiger charge is -2.24. The molecule has 2 atom stereocenters. The van der Waals surface area contributed by atoms with E-state index < -0.39 is 18.2 Å². The fourth-order valence-electron chi connectivity index (χ4n) is 3.91. The molecule has 1 N–H and O–H groups in total. The van der Waals surface area contributed by atoms with Crippen molar-refractivity contribution in [2.75, 3.05) is 0 Å². The number of hydrogen-bond donors (Lipinski definition) is 1. The van der Waals surface area contributed by atoms with Crippen LogP contribution in [0.5, 0.6) is 0 Å². The van der Waals surface area contributed by atoms with Gasteiger partial charge in [0, 0.05) is 22.9 Å². The standard InChI is InChI=1S/C25H24FNO3/c1-15(2)25-21(12-11-19-13-18(28)14-23(29)30-19)24(16-7-9-17(26)10-8-16)20-5-3-4-6-22(20)27-25/h3-12,15,18-19,28H,13-14H2,1-2H3/b12-11+/t18-,19-/m0/s1. The number of fused-ring (bicyclic) bond motifs is 1. The van der Waals surface area contributed by atoms with Crippen molar-refractivity contribution in [3.63, 3.8) is 0 Å². The van der Waals surface area contributed by atoms with Crippen molar-refractivity contribution in [3.8, 4) is 11.1 Å². The van der Waals surface area contributed by atoms with Crippen LogP contribution in [-0.4, -0.2) is 28.3 Å². The highest BCUT2D eigenvalue weighted by molar-refractivity contribution is 5.99. The molecule has 0 amide bonds. The van der Waals surface area contributed by atoms with Crippen molar-refractivity contribution in [1.82, 2.24) is 4.98 Å². The molecule has 1 aromatic heterocycles. The molecule has 1 aliphatic heterocycles. The van der Waals surface area contributed by atoms with E-state index in [-0.39, 0.29) is 18.2 Å². The molecule has 4 rings (SSSR count). The van der Waals surface area contributed by atoms with Gasteiger partial charge in [-0.15, -0.1) is 0 Å². The largest absolute Gasteiger partial charge is 0.458 e. The van der Waals surface area contributed by atoms with Crippen LogP contribution in [0, 0.1) is 5.82 Å². The number of nitrogens with zero attached hydrogens (tertiary/aromatic N) is 1. The summed E-state index contributed by atoms with van der Waals surface area (Å²) in [6, 6.07) is 14.3. The molecule has 0 saturated carbocycles. The Morgan fingerprint density at radius 2 is 1.90 bits per heavy atom. The molecule has 2 heterocycles. The first-order valence-electron chi connectivity index (χ1n) is 10.2. The Morgan fingerprint density at radius 1 is 1.17 bits per heavy atom. The molecule has 2 aromatic carbocycles. The van der Waals surface area contributed by atoms with Gasteiger partial charge in [-0.25, -0.2) is 4.39 Å². The minimum absolute atomic E-state index is 0.0277. The van der Waals surface area contributed by atoms with Gasteiger partial charge >= 0.3 is 5.97 Å². The molecule has 0 bridgehead atoms. The third-order valence-electron chi connectivity index (χ3n) is 5.31. The summed E-state index contributed by atoms with van der Waals surface area (Å²) >= 11 is 0. The third kappa shape index (κ3) is 4.12. The highest BCUT2D eigenvalue weighted by Crippen LogP contribution is 2.36. The lowest BCUT2D eigenvalue weighted by molar-refractivity contribution is -0.156. The molecule has 30 heavy (non-hydrogen) atoms. The number of esters is 1. The molecule has 154 valence electrons. The fraction of sp³-hybridized carbons (Fsp3) is 0.280. The van der Waals surface area contributed by atoms with E-state index in [4.69, 9.17) is 9.72 Å². The number of ether oxygens (including phenoxy) is 1. The van der Waals surface area contributed by atoms with Gasteiger partial charge in [-0.2, -0.15) is 0 Å². The van der Waals surface area contributed by atoms with Crippen LogP contribution >= 0.6 is 0 Å². The maximum atomic E-state index is 13.6. The number of carbonyl (C=O) groups excluding carboxylic acids is 1. The minimum Gasteiger partial charge on any atom is -0.458 e. The van der Waals surface area contributed by atoms with E-state index in [0.29, 0.717) is 6.42 Å². The van der Waals surface area contributed by atoms with Crippen molar-refractivity contribution in [3.05, 3.63) is 71.7 Å². The zero-order valence-corrected chi connectivity index (χ0v) is 17.0. The summed E-state index contributed by atoms with van der Waals surface area (Å²) in [5.74, 6) is -0.544. The molecule has 1 aliphatic rings. The molecular weight excluding hydrogens is 381 g/mol. The Hall–Kier alpha value is -3.05. The maximum absolute atomic E-state index is 13.6. The highest BCUT2D eigenvalue weighted by Gasteiger charge is 2.26. The first kappa shape index (κ1) is 20.2. The Bertz CT molecular complexity index is 1110. The molecule has 0 spiro atoms. The predicted octanol–water partition coefficient (Wildman–Crippen LogP) is 5.24. The van der Waals surface area contributed by atoms with E-state index in [1.54, 1.807) is 12.1 Å². The predicted molar refractivity (Wildman–Crippen MR) is 115 cm³/mol. The monoisotopic (exact) mass is 405 g/mol. The molecule has 5 heteroatoms. The second-order valence-corrected chi connectivity index (χ2v) is 7.95. The van der Waals surface area contributed by atoms with Crippen molar-refractivity contribution < 1.29 is 19.0 Å². The molecule has 3 aromatic rings. The summed E-state index contributed by atoms with van der Waals surface area (Å²) < 4.78 is 19.0. The number of benzene rings is 2. The summed E-state index contributed by atoms with van der Waals surface area (Å²) in [4.78, 5) is 16.6. The molecule has 0 aliphatic carbocycles. The van der Waals surface area contributed by atoms with Crippen molar-refractivity contribution in [1.29, 1.82) is 0 Å². The van der Waals surface area contributed by atoms with Gasteiger partial charge in [0.05, 0.1) is 23.7 Å². The van der Waals surface area contributed by atoms with Gasteiger partial charge in [-0.05, 0) is 35.8 Å². The second kappa shape index (κ2) is 8.36. The van der Waals surface area contributed by atoms with E-state index in [1.165, 1.54) is 12.1 Å². The lowest BCUT2D eigenvalue weighted by atomic mass is 9.90. The third-order valence-corrected chi connectivity index (χ3v) is 5.31. The Balaban J connectivity index is 1.91. The van der Waals surface area contributed by atoms with Crippen molar-refractivity contribution in [2.24, 2.45) is 0 Å². The number of aromatic nitrogens is 1. The molecule has 0 radical (unpaired) electrons. The average Bonchev–Trinajstić information content (AvgIpc) is 2.71. The first-order chi connectivity index (χ1) is 14.4. The van der Waals surface area contributed by atoms with E-state index in [0.717, 1.165) is 33.3 Å². The molecule has 1 fully saturated rings. The van der Waals surface area contributed by atoms with E-state index in [1.807, 2.05) is 36.4 Å². The highest BCUT2D eigenvalue weighted by atomic mass is 19.1. The number of rotatable bonds is 4. The van der Waals surface area contributed by atoms with Crippen LogP contribution in [0.2, 0.25) is 0 Å². The SMILES string of the molecule is CC(C)c1nc2ccccc2c(-c2ccc(F)cc2)c1/C=C/[C@H]1C[C@H](O)CC(=O)O1. The van der Waals surface area contributed by atoms with Gasteiger partial charge in [-0.3, -0.25) is 9.78 Å². The van der Waals surface area contributed by atoms with E-state index >= 15 is 0 Å². The number of carbonyl (C=O) groups is 1. The summed E-state index contributed by atoms with van der Waals surface area (Å²) in [5.41, 5.74) is 4.54. The zero-order valence-electron chi connectivity index (χ0n) is 17.0. The number of cyclic esters (lactones) is 1. The van der Waals surface area contributed by atoms with Crippen LogP contribution in [0.15, 0.2) is 54.6 Å². The van der Waals surface area contributed by atoms with E-state index in [9.17, 15) is 14.3 Å². The van der Waals surface area contributed by atoms with Gasteiger partial charge in [0.2, 0.25) is 0 Å². The molecule has 1 saturated heterocycles. The Morgan fingerprint density at radius 3 is 2.60 bits per heavy atom. The first-order valence-corrected chi connectivity index (χ1v) is 10.2. The van der Waals surface area contributed by atoms with Crippen LogP contribution in [0.1, 0.15) is 43.9 Å². The number of hydrogen-bond acceptors (Lipinski definition) is 4.